The van der Waals surface area contributed by atoms with Crippen molar-refractivity contribution >= 4 is 29.1 Å². The third-order valence-corrected chi connectivity index (χ3v) is 5.27. The Balaban J connectivity index is 1.62. The number of amides is 1. The summed E-state index contributed by atoms with van der Waals surface area (Å²) in [5.41, 5.74) is 1.88. The minimum absolute atomic E-state index is 0.0671. The maximum atomic E-state index is 12.2. The van der Waals surface area contributed by atoms with Crippen LogP contribution in [0.2, 0.25) is 0 Å². The molecule has 1 aliphatic rings. The molecular formula is C21H23N3O4S. The van der Waals surface area contributed by atoms with Crippen LogP contribution < -0.4 is 19.5 Å². The largest absolute Gasteiger partial charge is 0.497 e. The van der Waals surface area contributed by atoms with Gasteiger partial charge in [0.15, 0.2) is 16.7 Å². The summed E-state index contributed by atoms with van der Waals surface area (Å²) in [6, 6.07) is 13.2. The molecule has 1 unspecified atom stereocenters. The summed E-state index contributed by atoms with van der Waals surface area (Å²) >= 11 is 1.38. The highest BCUT2D eigenvalue weighted by atomic mass is 32.2. The van der Waals surface area contributed by atoms with Crippen LogP contribution in [0.25, 0.3) is 0 Å². The summed E-state index contributed by atoms with van der Waals surface area (Å²) in [6.07, 6.45) is 2.22. The van der Waals surface area contributed by atoms with Gasteiger partial charge in [-0.15, -0.1) is 5.10 Å². The van der Waals surface area contributed by atoms with Crippen LogP contribution >= 0.6 is 11.8 Å². The highest BCUT2D eigenvalue weighted by Crippen LogP contribution is 2.28. The number of nitrogens with one attached hydrogen (secondary N) is 1. The van der Waals surface area contributed by atoms with Crippen molar-refractivity contribution in [3.63, 3.8) is 0 Å². The standard InChI is InChI=1S/C21H23N3O4S/c1-4-28-17-10-7-15(11-18(17)27-3)13-22-24-21-23-20(25)19(29-21)12-14-5-8-16(26-2)9-6-14/h5-11,13,19H,4,12H2,1-3H3,(H,23,24,25)/b22-13+. The van der Waals surface area contributed by atoms with E-state index in [-0.39, 0.29) is 11.2 Å². The Hall–Kier alpha value is -3.00. The van der Waals surface area contributed by atoms with Crippen LogP contribution in [-0.4, -0.2) is 43.4 Å². The van der Waals surface area contributed by atoms with Crippen molar-refractivity contribution in [3.8, 4) is 17.2 Å². The van der Waals surface area contributed by atoms with Crippen LogP contribution in [0.3, 0.4) is 0 Å². The number of benzene rings is 2. The normalized spacial score (nSPS) is 17.6. The summed E-state index contributed by atoms with van der Waals surface area (Å²) in [7, 11) is 3.22. The number of amidine groups is 1. The van der Waals surface area contributed by atoms with Crippen molar-refractivity contribution in [2.24, 2.45) is 10.2 Å². The predicted octanol–water partition coefficient (Wildman–Crippen LogP) is 3.27. The Labute approximate surface area is 174 Å². The first kappa shape index (κ1) is 20.7. The van der Waals surface area contributed by atoms with Crippen molar-refractivity contribution < 1.29 is 19.0 Å². The van der Waals surface area contributed by atoms with E-state index >= 15 is 0 Å². The molecule has 8 heteroatoms. The monoisotopic (exact) mass is 413 g/mol. The Bertz CT molecular complexity index is 913. The van der Waals surface area contributed by atoms with E-state index in [1.807, 2.05) is 49.4 Å². The molecule has 0 bridgehead atoms. The summed E-state index contributed by atoms with van der Waals surface area (Å²) in [5, 5.41) is 11.2. The van der Waals surface area contributed by atoms with Crippen LogP contribution in [0, 0.1) is 0 Å². The van der Waals surface area contributed by atoms with Gasteiger partial charge in [0.25, 0.3) is 0 Å². The molecule has 7 nitrogen and oxygen atoms in total. The summed E-state index contributed by atoms with van der Waals surface area (Å²) in [5.74, 6) is 2.03. The first-order chi connectivity index (χ1) is 14.1. The van der Waals surface area contributed by atoms with Crippen LogP contribution in [0.5, 0.6) is 17.2 Å². The van der Waals surface area contributed by atoms with Gasteiger partial charge in [-0.3, -0.25) is 4.79 Å². The lowest BCUT2D eigenvalue weighted by atomic mass is 10.1. The average molecular weight is 413 g/mol. The fraction of sp³-hybridized carbons (Fsp3) is 0.286. The van der Waals surface area contributed by atoms with Crippen molar-refractivity contribution in [2.75, 3.05) is 20.8 Å². The Morgan fingerprint density at radius 1 is 1.10 bits per heavy atom. The zero-order chi connectivity index (χ0) is 20.6. The molecule has 1 saturated heterocycles. The van der Waals surface area contributed by atoms with Gasteiger partial charge in [0.2, 0.25) is 5.91 Å². The second-order valence-corrected chi connectivity index (χ2v) is 7.33. The quantitative estimate of drug-likeness (QED) is 0.531. The van der Waals surface area contributed by atoms with Gasteiger partial charge in [-0.1, -0.05) is 23.9 Å². The van der Waals surface area contributed by atoms with Gasteiger partial charge in [0, 0.05) is 0 Å². The Morgan fingerprint density at radius 3 is 2.59 bits per heavy atom. The van der Waals surface area contributed by atoms with Crippen LogP contribution in [0.15, 0.2) is 52.7 Å². The van der Waals surface area contributed by atoms with Crippen molar-refractivity contribution in [3.05, 3.63) is 53.6 Å². The summed E-state index contributed by atoms with van der Waals surface area (Å²) in [6.45, 7) is 2.48. The molecule has 29 heavy (non-hydrogen) atoms. The van der Waals surface area contributed by atoms with Crippen molar-refractivity contribution in [2.45, 2.75) is 18.6 Å². The zero-order valence-electron chi connectivity index (χ0n) is 16.5. The Kier molecular flexibility index (Phi) is 7.13. The lowest BCUT2D eigenvalue weighted by molar-refractivity contribution is -0.118. The highest BCUT2D eigenvalue weighted by Gasteiger charge is 2.30. The number of nitrogens with zero attached hydrogens (tertiary/aromatic N) is 2. The molecule has 0 aliphatic carbocycles. The number of methoxy groups -OCH3 is 2. The molecule has 1 atom stereocenters. The molecule has 0 saturated carbocycles. The van der Waals surface area contributed by atoms with E-state index in [4.69, 9.17) is 14.2 Å². The lowest BCUT2D eigenvalue weighted by Gasteiger charge is -2.09. The SMILES string of the molecule is CCOc1ccc(/C=N/N=C2\NC(=O)C(Cc3ccc(OC)cc3)S2)cc1OC. The van der Waals surface area contributed by atoms with Gasteiger partial charge in [-0.05, 0) is 54.8 Å². The van der Waals surface area contributed by atoms with E-state index in [2.05, 4.69) is 15.5 Å². The van der Waals surface area contributed by atoms with E-state index in [9.17, 15) is 4.79 Å². The third kappa shape index (κ3) is 5.51. The number of carbonyl (C=O) groups excluding carboxylic acids is 1. The number of thioether (sulfide) groups is 1. The van der Waals surface area contributed by atoms with Gasteiger partial charge in [-0.2, -0.15) is 5.10 Å². The molecular weight excluding hydrogens is 390 g/mol. The molecule has 1 fully saturated rings. The van der Waals surface area contributed by atoms with E-state index in [0.29, 0.717) is 29.7 Å². The first-order valence-corrected chi connectivity index (χ1v) is 10.0. The van der Waals surface area contributed by atoms with Crippen LogP contribution in [-0.2, 0) is 11.2 Å². The fourth-order valence-electron chi connectivity index (χ4n) is 2.75. The van der Waals surface area contributed by atoms with E-state index < -0.39 is 0 Å². The summed E-state index contributed by atoms with van der Waals surface area (Å²) in [4.78, 5) is 12.2. The van der Waals surface area contributed by atoms with E-state index in [0.717, 1.165) is 16.9 Å². The average Bonchev–Trinajstić information content (AvgIpc) is 3.08. The lowest BCUT2D eigenvalue weighted by Crippen LogP contribution is -2.25. The second-order valence-electron chi connectivity index (χ2n) is 6.14. The predicted molar refractivity (Wildman–Crippen MR) is 115 cm³/mol. The minimum Gasteiger partial charge on any atom is -0.497 e. The smallest absolute Gasteiger partial charge is 0.239 e. The molecule has 0 spiro atoms. The molecule has 2 aromatic carbocycles. The fourth-order valence-corrected chi connectivity index (χ4v) is 3.71. The summed E-state index contributed by atoms with van der Waals surface area (Å²) < 4.78 is 16.0. The minimum atomic E-state index is -0.233. The van der Waals surface area contributed by atoms with Gasteiger partial charge in [0.1, 0.15) is 5.75 Å². The number of ether oxygens (including phenoxy) is 3. The van der Waals surface area contributed by atoms with Crippen LogP contribution in [0.1, 0.15) is 18.1 Å². The van der Waals surface area contributed by atoms with E-state index in [1.54, 1.807) is 20.4 Å². The Morgan fingerprint density at radius 2 is 1.90 bits per heavy atom. The number of carbonyl (C=O) groups is 1. The maximum absolute atomic E-state index is 12.2. The first-order valence-electron chi connectivity index (χ1n) is 9.15. The number of hydrogen-bond acceptors (Lipinski definition) is 7. The molecule has 3 rings (SSSR count). The van der Waals surface area contributed by atoms with Gasteiger partial charge < -0.3 is 19.5 Å². The van der Waals surface area contributed by atoms with E-state index in [1.165, 1.54) is 11.8 Å². The molecule has 1 heterocycles. The highest BCUT2D eigenvalue weighted by molar-refractivity contribution is 8.15. The molecule has 0 aromatic heterocycles. The van der Waals surface area contributed by atoms with Gasteiger partial charge in [0.05, 0.1) is 32.3 Å². The van der Waals surface area contributed by atoms with Gasteiger partial charge in [-0.25, -0.2) is 0 Å². The van der Waals surface area contributed by atoms with Crippen LogP contribution in [0.4, 0.5) is 0 Å². The molecule has 152 valence electrons. The maximum Gasteiger partial charge on any atom is 0.239 e. The molecule has 0 radical (unpaired) electrons. The van der Waals surface area contributed by atoms with Crippen molar-refractivity contribution in [1.29, 1.82) is 0 Å². The topological polar surface area (TPSA) is 81.5 Å². The van der Waals surface area contributed by atoms with Crippen molar-refractivity contribution in [1.82, 2.24) is 5.32 Å². The molecule has 1 N–H and O–H groups in total. The number of rotatable bonds is 8. The third-order valence-electron chi connectivity index (χ3n) is 4.20. The molecule has 2 aromatic rings. The van der Waals surface area contributed by atoms with Gasteiger partial charge >= 0.3 is 0 Å². The molecule has 1 amide bonds. The molecule has 1 aliphatic heterocycles. The number of hydrogen-bond donors (Lipinski definition) is 1. The zero-order valence-corrected chi connectivity index (χ0v) is 17.4. The second kappa shape index (κ2) is 9.97.